The number of benzene rings is 2. The van der Waals surface area contributed by atoms with Crippen molar-refractivity contribution in [1.29, 1.82) is 0 Å². The number of halogens is 1. The summed E-state index contributed by atoms with van der Waals surface area (Å²) in [6.45, 7) is 5.51. The van der Waals surface area contributed by atoms with Gasteiger partial charge in [-0.05, 0) is 29.0 Å². The minimum absolute atomic E-state index is 0. The van der Waals surface area contributed by atoms with Gasteiger partial charge >= 0.3 is 0 Å². The minimum Gasteiger partial charge on any atom is -1.00 e. The number of ether oxygens (including phenoxy) is 1. The number of aliphatic hydroxyl groups is 1. The fraction of sp³-hybridized carbons (Fsp3) is 0.333. The summed E-state index contributed by atoms with van der Waals surface area (Å²) in [7, 11) is 4.14. The number of nitrogens with zero attached hydrogens (tertiary/aromatic N) is 1. The van der Waals surface area contributed by atoms with Gasteiger partial charge in [-0.25, -0.2) is 0 Å². The van der Waals surface area contributed by atoms with Crippen LogP contribution >= 0.6 is 0 Å². The molecular formula is C18H24BrNO2. The summed E-state index contributed by atoms with van der Waals surface area (Å²) in [6.07, 6.45) is 1.38. The number of likely N-dealkylation sites (N-methyl/N-ethyl adjacent to an activating group) is 1. The average molecular weight is 366 g/mol. The van der Waals surface area contributed by atoms with Gasteiger partial charge in [-0.15, -0.1) is 0 Å². The summed E-state index contributed by atoms with van der Waals surface area (Å²) < 4.78 is 6.41. The lowest BCUT2D eigenvalue weighted by atomic mass is 10.1. The lowest BCUT2D eigenvalue weighted by Gasteiger charge is -2.30. The highest BCUT2D eigenvalue weighted by atomic mass is 79.9. The number of quaternary nitrogens is 1. The van der Waals surface area contributed by atoms with Crippen LogP contribution in [0.4, 0.5) is 0 Å². The Hall–Kier alpha value is -1.36. The highest BCUT2D eigenvalue weighted by Gasteiger charge is 2.19. The van der Waals surface area contributed by atoms with Gasteiger partial charge in [-0.1, -0.05) is 36.9 Å². The molecule has 0 fully saturated rings. The molecule has 0 aromatic heterocycles. The summed E-state index contributed by atoms with van der Waals surface area (Å²) in [5, 5.41) is 12.4. The van der Waals surface area contributed by atoms with E-state index in [1.807, 2.05) is 36.4 Å². The van der Waals surface area contributed by atoms with Crippen LogP contribution in [0.15, 0.2) is 55.1 Å². The first kappa shape index (κ1) is 18.7. The van der Waals surface area contributed by atoms with Crippen molar-refractivity contribution in [2.75, 3.05) is 33.8 Å². The van der Waals surface area contributed by atoms with Gasteiger partial charge in [-0.2, -0.15) is 0 Å². The molecule has 0 saturated heterocycles. The maximum absolute atomic E-state index is 10.1. The van der Waals surface area contributed by atoms with Gasteiger partial charge in [0.1, 0.15) is 25.0 Å². The first-order valence-corrected chi connectivity index (χ1v) is 7.23. The van der Waals surface area contributed by atoms with Gasteiger partial charge in [-0.3, -0.25) is 0 Å². The Morgan fingerprint density at radius 3 is 2.55 bits per heavy atom. The van der Waals surface area contributed by atoms with E-state index in [1.54, 1.807) is 0 Å². The molecule has 0 aliphatic rings. The highest BCUT2D eigenvalue weighted by Crippen LogP contribution is 2.20. The van der Waals surface area contributed by atoms with Crippen LogP contribution in [0.2, 0.25) is 0 Å². The third-order valence-electron chi connectivity index (χ3n) is 3.49. The Morgan fingerprint density at radius 2 is 1.86 bits per heavy atom. The monoisotopic (exact) mass is 365 g/mol. The molecule has 0 heterocycles. The van der Waals surface area contributed by atoms with E-state index in [1.165, 1.54) is 5.39 Å². The van der Waals surface area contributed by atoms with Crippen molar-refractivity contribution in [2.45, 2.75) is 6.10 Å². The normalized spacial score (nSPS) is 12.5. The molecule has 1 atom stereocenters. The van der Waals surface area contributed by atoms with Crippen LogP contribution in [0.5, 0.6) is 5.75 Å². The standard InChI is InChI=1S/C18H24NO2.BrH/c1-4-11-19(2,3)13-17(20)14-21-18-10-9-15-7-5-6-8-16(15)12-18;/h4-10,12,17,20H,1,11,13-14H2,2-3H3;1H/q+1;/p-1. The predicted molar refractivity (Wildman–Crippen MR) is 87.5 cm³/mol. The average Bonchev–Trinajstić information content (AvgIpc) is 2.44. The first-order valence-electron chi connectivity index (χ1n) is 7.23. The van der Waals surface area contributed by atoms with Crippen molar-refractivity contribution < 1.29 is 31.3 Å². The molecule has 1 unspecified atom stereocenters. The second kappa shape index (κ2) is 8.32. The maximum Gasteiger partial charge on any atom is 0.137 e. The zero-order valence-corrected chi connectivity index (χ0v) is 14.8. The molecule has 2 aromatic carbocycles. The molecule has 1 N–H and O–H groups in total. The van der Waals surface area contributed by atoms with Crippen molar-refractivity contribution >= 4 is 10.8 Å². The Kier molecular flexibility index (Phi) is 7.07. The maximum atomic E-state index is 10.1. The van der Waals surface area contributed by atoms with Crippen molar-refractivity contribution in [2.24, 2.45) is 0 Å². The van der Waals surface area contributed by atoms with E-state index in [4.69, 9.17) is 4.74 Å². The molecule has 2 aromatic rings. The molecule has 4 heteroatoms. The van der Waals surface area contributed by atoms with E-state index in [0.717, 1.165) is 17.7 Å². The summed E-state index contributed by atoms with van der Waals surface area (Å²) in [4.78, 5) is 0. The van der Waals surface area contributed by atoms with E-state index >= 15 is 0 Å². The summed E-state index contributed by atoms with van der Waals surface area (Å²) in [5.41, 5.74) is 0. The van der Waals surface area contributed by atoms with E-state index in [0.29, 0.717) is 17.6 Å². The molecule has 0 bridgehead atoms. The van der Waals surface area contributed by atoms with E-state index in [-0.39, 0.29) is 17.0 Å². The number of rotatable bonds is 7. The van der Waals surface area contributed by atoms with E-state index in [2.05, 4.69) is 32.8 Å². The second-order valence-corrected chi connectivity index (χ2v) is 6.06. The smallest absolute Gasteiger partial charge is 0.137 e. The molecular weight excluding hydrogens is 342 g/mol. The van der Waals surface area contributed by atoms with Crippen LogP contribution in [0.25, 0.3) is 10.8 Å². The Labute approximate surface area is 143 Å². The lowest BCUT2D eigenvalue weighted by Crippen LogP contribution is -3.00. The number of aliphatic hydroxyl groups excluding tert-OH is 1. The van der Waals surface area contributed by atoms with E-state index in [9.17, 15) is 5.11 Å². The number of hydrogen-bond donors (Lipinski definition) is 1. The third kappa shape index (κ3) is 5.44. The lowest BCUT2D eigenvalue weighted by molar-refractivity contribution is -0.887. The molecule has 0 radical (unpaired) electrons. The minimum atomic E-state index is -0.494. The van der Waals surface area contributed by atoms with Crippen molar-refractivity contribution in [3.8, 4) is 5.75 Å². The zero-order chi connectivity index (χ0) is 15.3. The molecule has 0 amide bonds. The van der Waals surface area contributed by atoms with Gasteiger partial charge in [0.2, 0.25) is 0 Å². The topological polar surface area (TPSA) is 29.5 Å². The molecule has 0 spiro atoms. The summed E-state index contributed by atoms with van der Waals surface area (Å²) >= 11 is 0. The molecule has 0 aliphatic carbocycles. The molecule has 120 valence electrons. The van der Waals surface area contributed by atoms with Gasteiger partial charge in [0, 0.05) is 0 Å². The third-order valence-corrected chi connectivity index (χ3v) is 3.49. The van der Waals surface area contributed by atoms with Gasteiger partial charge in [0.15, 0.2) is 0 Å². The SMILES string of the molecule is C=CC[N+](C)(C)CC(O)COc1ccc2ccccc2c1.[Br-]. The molecule has 2 rings (SSSR count). The van der Waals surface area contributed by atoms with Crippen LogP contribution in [0.1, 0.15) is 0 Å². The van der Waals surface area contributed by atoms with Crippen molar-refractivity contribution in [1.82, 2.24) is 0 Å². The molecule has 22 heavy (non-hydrogen) atoms. The van der Waals surface area contributed by atoms with Gasteiger partial charge in [0.25, 0.3) is 0 Å². The van der Waals surface area contributed by atoms with Crippen LogP contribution in [0, 0.1) is 0 Å². The van der Waals surface area contributed by atoms with Crippen LogP contribution in [0.3, 0.4) is 0 Å². The zero-order valence-electron chi connectivity index (χ0n) is 13.2. The molecule has 0 saturated carbocycles. The van der Waals surface area contributed by atoms with Crippen molar-refractivity contribution in [3.63, 3.8) is 0 Å². The number of fused-ring (bicyclic) bond motifs is 1. The largest absolute Gasteiger partial charge is 1.00 e. The first-order chi connectivity index (χ1) is 10.00. The molecule has 0 aliphatic heterocycles. The van der Waals surface area contributed by atoms with Crippen LogP contribution in [-0.2, 0) is 0 Å². The van der Waals surface area contributed by atoms with Crippen LogP contribution < -0.4 is 21.7 Å². The predicted octanol–water partition coefficient (Wildman–Crippen LogP) is -0.154. The Morgan fingerprint density at radius 1 is 1.18 bits per heavy atom. The van der Waals surface area contributed by atoms with Crippen LogP contribution in [-0.4, -0.2) is 49.5 Å². The van der Waals surface area contributed by atoms with Gasteiger partial charge in [0.05, 0.1) is 20.6 Å². The fourth-order valence-electron chi connectivity index (χ4n) is 2.50. The quantitative estimate of drug-likeness (QED) is 0.546. The highest BCUT2D eigenvalue weighted by molar-refractivity contribution is 5.83. The Bertz CT molecular complexity index is 613. The summed E-state index contributed by atoms with van der Waals surface area (Å²) in [5.74, 6) is 0.793. The van der Waals surface area contributed by atoms with E-state index < -0.39 is 6.10 Å². The molecule has 3 nitrogen and oxygen atoms in total. The number of hydrogen-bond acceptors (Lipinski definition) is 2. The second-order valence-electron chi connectivity index (χ2n) is 6.06. The van der Waals surface area contributed by atoms with Gasteiger partial charge < -0.3 is 31.3 Å². The Balaban J connectivity index is 0.00000242. The van der Waals surface area contributed by atoms with Crippen molar-refractivity contribution in [3.05, 3.63) is 55.1 Å². The summed E-state index contributed by atoms with van der Waals surface area (Å²) in [6, 6.07) is 14.1. The fourth-order valence-corrected chi connectivity index (χ4v) is 2.50.